The molecule has 2 fully saturated rings. The SMILES string of the molecule is COc1ccc(F)c(N2CCNC(C)(C3CC3)C2)c1. The molecular weight excluding hydrogens is 243 g/mol. The van der Waals surface area contributed by atoms with Crippen LogP contribution in [0.3, 0.4) is 0 Å². The summed E-state index contributed by atoms with van der Waals surface area (Å²) in [5.74, 6) is 1.29. The molecule has 1 unspecified atom stereocenters. The summed E-state index contributed by atoms with van der Waals surface area (Å²) in [6.07, 6.45) is 2.58. The first-order chi connectivity index (χ1) is 9.12. The topological polar surface area (TPSA) is 24.5 Å². The molecule has 3 rings (SSSR count). The van der Waals surface area contributed by atoms with Crippen molar-refractivity contribution in [2.24, 2.45) is 5.92 Å². The number of halogens is 1. The molecule has 0 bridgehead atoms. The highest BCUT2D eigenvalue weighted by molar-refractivity contribution is 5.53. The zero-order chi connectivity index (χ0) is 13.5. The first-order valence-corrected chi connectivity index (χ1v) is 6.96. The quantitative estimate of drug-likeness (QED) is 0.907. The number of methoxy groups -OCH3 is 1. The molecule has 0 aromatic heterocycles. The third-order valence-corrected chi connectivity index (χ3v) is 4.40. The van der Waals surface area contributed by atoms with Crippen molar-refractivity contribution in [3.63, 3.8) is 0 Å². The fourth-order valence-corrected chi connectivity index (χ4v) is 3.07. The van der Waals surface area contributed by atoms with Gasteiger partial charge in [0.25, 0.3) is 0 Å². The van der Waals surface area contributed by atoms with Gasteiger partial charge >= 0.3 is 0 Å². The molecule has 0 radical (unpaired) electrons. The normalized spacial score (nSPS) is 27.4. The zero-order valence-corrected chi connectivity index (χ0v) is 11.6. The van der Waals surface area contributed by atoms with Gasteiger partial charge in [-0.15, -0.1) is 0 Å². The van der Waals surface area contributed by atoms with Gasteiger partial charge in [0.2, 0.25) is 0 Å². The third kappa shape index (κ3) is 2.41. The number of benzene rings is 1. The maximum absolute atomic E-state index is 14.0. The van der Waals surface area contributed by atoms with Crippen LogP contribution in [0.1, 0.15) is 19.8 Å². The molecule has 1 aliphatic heterocycles. The molecule has 1 saturated heterocycles. The number of ether oxygens (including phenoxy) is 1. The second kappa shape index (κ2) is 4.67. The predicted octanol–water partition coefficient (Wildman–Crippen LogP) is 2.41. The van der Waals surface area contributed by atoms with E-state index in [4.69, 9.17) is 4.74 Å². The summed E-state index contributed by atoms with van der Waals surface area (Å²) in [5, 5.41) is 3.61. The van der Waals surface area contributed by atoms with E-state index in [9.17, 15) is 4.39 Å². The van der Waals surface area contributed by atoms with Gasteiger partial charge in [-0.25, -0.2) is 4.39 Å². The molecular formula is C15H21FN2O. The Kier molecular flexibility index (Phi) is 3.13. The molecule has 4 heteroatoms. The minimum absolute atomic E-state index is 0.119. The molecule has 19 heavy (non-hydrogen) atoms. The summed E-state index contributed by atoms with van der Waals surface area (Å²) in [5.41, 5.74) is 0.779. The maximum Gasteiger partial charge on any atom is 0.146 e. The van der Waals surface area contributed by atoms with E-state index in [1.165, 1.54) is 18.9 Å². The molecule has 1 N–H and O–H groups in total. The van der Waals surface area contributed by atoms with Crippen LogP contribution in [-0.4, -0.2) is 32.3 Å². The Bertz CT molecular complexity index is 475. The minimum atomic E-state index is -0.166. The van der Waals surface area contributed by atoms with E-state index in [0.717, 1.165) is 25.6 Å². The molecule has 1 aliphatic carbocycles. The van der Waals surface area contributed by atoms with Crippen LogP contribution in [0, 0.1) is 11.7 Å². The van der Waals surface area contributed by atoms with Crippen LogP contribution in [0.2, 0.25) is 0 Å². The van der Waals surface area contributed by atoms with Crippen LogP contribution in [0.4, 0.5) is 10.1 Å². The molecule has 1 aromatic carbocycles. The molecule has 1 heterocycles. The summed E-state index contributed by atoms with van der Waals surface area (Å²) in [6.45, 7) is 4.87. The minimum Gasteiger partial charge on any atom is -0.497 e. The lowest BCUT2D eigenvalue weighted by atomic mass is 9.92. The van der Waals surface area contributed by atoms with E-state index in [1.807, 2.05) is 0 Å². The van der Waals surface area contributed by atoms with Gasteiger partial charge in [-0.3, -0.25) is 0 Å². The van der Waals surface area contributed by atoms with Crippen LogP contribution in [0.15, 0.2) is 18.2 Å². The second-order valence-electron chi connectivity index (χ2n) is 5.86. The van der Waals surface area contributed by atoms with Crippen LogP contribution >= 0.6 is 0 Å². The van der Waals surface area contributed by atoms with Crippen molar-refractivity contribution < 1.29 is 9.13 Å². The van der Waals surface area contributed by atoms with Gasteiger partial charge in [0.15, 0.2) is 0 Å². The molecule has 3 nitrogen and oxygen atoms in total. The molecule has 1 atom stereocenters. The van der Waals surface area contributed by atoms with Crippen molar-refractivity contribution in [2.75, 3.05) is 31.6 Å². The maximum atomic E-state index is 14.0. The zero-order valence-electron chi connectivity index (χ0n) is 11.6. The first-order valence-electron chi connectivity index (χ1n) is 6.96. The van der Waals surface area contributed by atoms with Crippen LogP contribution < -0.4 is 15.0 Å². The number of anilines is 1. The Labute approximate surface area is 113 Å². The summed E-state index contributed by atoms with van der Waals surface area (Å²) < 4.78 is 19.2. The first kappa shape index (κ1) is 12.7. The van der Waals surface area contributed by atoms with E-state index in [1.54, 1.807) is 19.2 Å². The molecule has 104 valence electrons. The Morgan fingerprint density at radius 1 is 1.42 bits per heavy atom. The van der Waals surface area contributed by atoms with E-state index < -0.39 is 0 Å². The average Bonchev–Trinajstić information content (AvgIpc) is 3.24. The Hall–Kier alpha value is -1.29. The van der Waals surface area contributed by atoms with Crippen LogP contribution in [-0.2, 0) is 0 Å². The van der Waals surface area contributed by atoms with Gasteiger partial charge < -0.3 is 15.0 Å². The highest BCUT2D eigenvalue weighted by Crippen LogP contribution is 2.41. The molecule has 0 spiro atoms. The average molecular weight is 264 g/mol. The molecule has 0 amide bonds. The Morgan fingerprint density at radius 3 is 2.89 bits per heavy atom. The van der Waals surface area contributed by atoms with Gasteiger partial charge in [-0.1, -0.05) is 0 Å². The van der Waals surface area contributed by atoms with E-state index in [-0.39, 0.29) is 11.4 Å². The third-order valence-electron chi connectivity index (χ3n) is 4.40. The van der Waals surface area contributed by atoms with Crippen molar-refractivity contribution in [1.82, 2.24) is 5.32 Å². The highest BCUT2D eigenvalue weighted by Gasteiger charge is 2.44. The summed E-state index contributed by atoms with van der Waals surface area (Å²) >= 11 is 0. The lowest BCUT2D eigenvalue weighted by Crippen LogP contribution is -2.60. The van der Waals surface area contributed by atoms with Gasteiger partial charge in [-0.05, 0) is 37.8 Å². The summed E-state index contributed by atoms with van der Waals surface area (Å²) in [6, 6.07) is 4.96. The van der Waals surface area contributed by atoms with Crippen LogP contribution in [0.25, 0.3) is 0 Å². The predicted molar refractivity (Wildman–Crippen MR) is 74.3 cm³/mol. The summed E-state index contributed by atoms with van der Waals surface area (Å²) in [7, 11) is 1.61. The van der Waals surface area contributed by atoms with E-state index >= 15 is 0 Å². The second-order valence-corrected chi connectivity index (χ2v) is 5.86. The smallest absolute Gasteiger partial charge is 0.146 e. The van der Waals surface area contributed by atoms with E-state index in [0.29, 0.717) is 11.4 Å². The van der Waals surface area contributed by atoms with Gasteiger partial charge in [-0.2, -0.15) is 0 Å². The fraction of sp³-hybridized carbons (Fsp3) is 0.600. The molecule has 1 aromatic rings. The number of hydrogen-bond acceptors (Lipinski definition) is 3. The van der Waals surface area contributed by atoms with Crippen molar-refractivity contribution in [3.05, 3.63) is 24.0 Å². The van der Waals surface area contributed by atoms with Crippen molar-refractivity contribution >= 4 is 5.69 Å². The number of piperazine rings is 1. The Balaban J connectivity index is 1.84. The van der Waals surface area contributed by atoms with Crippen LogP contribution in [0.5, 0.6) is 5.75 Å². The Morgan fingerprint density at radius 2 is 2.21 bits per heavy atom. The van der Waals surface area contributed by atoms with Crippen molar-refractivity contribution in [3.8, 4) is 5.75 Å². The lowest BCUT2D eigenvalue weighted by molar-refractivity contribution is 0.284. The van der Waals surface area contributed by atoms with Gasteiger partial charge in [0.1, 0.15) is 11.6 Å². The monoisotopic (exact) mass is 264 g/mol. The summed E-state index contributed by atoms with van der Waals surface area (Å²) in [4.78, 5) is 2.15. The largest absolute Gasteiger partial charge is 0.497 e. The molecule has 2 aliphatic rings. The number of rotatable bonds is 3. The fourth-order valence-electron chi connectivity index (χ4n) is 3.07. The standard InChI is InChI=1S/C15H21FN2O/c1-15(11-3-4-11)10-18(8-7-17-15)14-9-12(19-2)5-6-13(14)16/h5-6,9,11,17H,3-4,7-8,10H2,1-2H3. The number of nitrogens with one attached hydrogen (secondary N) is 1. The number of nitrogens with zero attached hydrogens (tertiary/aromatic N) is 1. The van der Waals surface area contributed by atoms with Crippen molar-refractivity contribution in [2.45, 2.75) is 25.3 Å². The van der Waals surface area contributed by atoms with Crippen molar-refractivity contribution in [1.29, 1.82) is 0 Å². The number of hydrogen-bond donors (Lipinski definition) is 1. The molecule has 1 saturated carbocycles. The van der Waals surface area contributed by atoms with Gasteiger partial charge in [0.05, 0.1) is 12.8 Å². The lowest BCUT2D eigenvalue weighted by Gasteiger charge is -2.43. The van der Waals surface area contributed by atoms with Gasteiger partial charge in [0, 0.05) is 31.2 Å². The van der Waals surface area contributed by atoms with E-state index in [2.05, 4.69) is 17.1 Å². The highest BCUT2D eigenvalue weighted by atomic mass is 19.1.